The van der Waals surface area contributed by atoms with E-state index in [2.05, 4.69) is 54.5 Å². The van der Waals surface area contributed by atoms with Crippen LogP contribution in [0.25, 0.3) is 0 Å². The van der Waals surface area contributed by atoms with Gasteiger partial charge in [0.25, 0.3) is 0 Å². The van der Waals surface area contributed by atoms with E-state index in [1.54, 1.807) is 0 Å². The molecule has 0 bridgehead atoms. The van der Waals surface area contributed by atoms with Crippen LogP contribution in [0.4, 0.5) is 0 Å². The molecule has 7 heterocycles. The summed E-state index contributed by atoms with van der Waals surface area (Å²) in [5.41, 5.74) is -1.71. The first-order valence-electron chi connectivity index (χ1n) is 37.8. The van der Waals surface area contributed by atoms with Crippen molar-refractivity contribution in [2.24, 2.45) is 50.2 Å². The van der Waals surface area contributed by atoms with Crippen LogP contribution in [0.1, 0.15) is 120 Å². The summed E-state index contributed by atoms with van der Waals surface area (Å²) >= 11 is 0. The van der Waals surface area contributed by atoms with E-state index in [1.807, 2.05) is 0 Å². The second-order valence-electron chi connectivity index (χ2n) is 34.3. The first-order valence-corrected chi connectivity index (χ1v) is 37.8. The molecule has 0 unspecified atom stereocenters. The van der Waals surface area contributed by atoms with Crippen molar-refractivity contribution < 1.29 is 183 Å². The third kappa shape index (κ3) is 15.1. The van der Waals surface area contributed by atoms with Crippen molar-refractivity contribution in [1.29, 1.82) is 0 Å². The maximum atomic E-state index is 15.4. The second kappa shape index (κ2) is 32.7. The van der Waals surface area contributed by atoms with E-state index in [9.17, 15) is 107 Å². The summed E-state index contributed by atoms with van der Waals surface area (Å²) in [7, 11) is 0. The molecule has 7 aliphatic heterocycles. The van der Waals surface area contributed by atoms with Gasteiger partial charge >= 0.3 is 5.97 Å². The van der Waals surface area contributed by atoms with E-state index in [1.165, 1.54) is 6.92 Å². The number of rotatable bonds is 20. The number of aliphatic hydroxyl groups excluding tert-OH is 21. The zero-order valence-electron chi connectivity index (χ0n) is 61.8. The first-order chi connectivity index (χ1) is 50.8. The Kier molecular flexibility index (Phi) is 25.8. The number of ether oxygens (including phenoxy) is 13. The SMILES string of the molecule is C[C@@H]1O[C@@H](O[C@H]2[C@H](O)[C@@H](O)[C@H](O[C@@H]3[C@@H](O)[C@H](OOC[C@H]4O[C@@H](OC(=O)[C@]56CCC(C)(C)C[C@H]5C5=CC[C@@H]7[C@@]8(C)CC[C@H](O[C@@H]9OC[C@@H](O)[C@@H](O[C@@H]%10O[C@H](CO)[C@@H](O[C@@H]%11O[C@H](CO)[C@@H](O)[C@H](O)[C@H]%11O)[C@H](O)[C@H]%10O)[C@@H]9O)C(C)(C)[C@@H]8CC[C@@]7(C)[C@]5(C)CC6)[C@H](O)[C@@H](O)[C@@H]4O)O[C@H](CO)[C@H]3O)O[C@@H]2CO)[C@H](O)[C@H](O)[C@H]1O. The van der Waals surface area contributed by atoms with Crippen LogP contribution in [-0.4, -0.2) is 368 Å². The van der Waals surface area contributed by atoms with E-state index >= 15 is 4.79 Å². The van der Waals surface area contributed by atoms with Crippen molar-refractivity contribution in [2.45, 2.75) is 335 Å². The molecule has 108 heavy (non-hydrogen) atoms. The van der Waals surface area contributed by atoms with Gasteiger partial charge in [-0.1, -0.05) is 60.1 Å². The number of carbonyl (C=O) groups excluding carboxylic acids is 1. The smallest absolute Gasteiger partial charge is 0.315 e. The van der Waals surface area contributed by atoms with Crippen LogP contribution < -0.4 is 0 Å². The van der Waals surface area contributed by atoms with Crippen molar-refractivity contribution >= 4 is 5.97 Å². The first kappa shape index (κ1) is 85.2. The fourth-order valence-corrected chi connectivity index (χ4v) is 20.5. The summed E-state index contributed by atoms with van der Waals surface area (Å²) in [6.07, 6.45) is -51.1. The highest BCUT2D eigenvalue weighted by atomic mass is 17.2. The maximum absolute atomic E-state index is 15.4. The Bertz CT molecular complexity index is 3040. The molecule has 11 fully saturated rings. The van der Waals surface area contributed by atoms with Crippen molar-refractivity contribution in [3.63, 3.8) is 0 Å². The zero-order chi connectivity index (χ0) is 78.7. The standard InChI is InChI=1S/C71H116O37/c1-26-38(77)42(81)47(86)59(96-26)104-55-32(22-74)100-62(51(90)46(55)85)106-57-41(80)31(21-73)98-64(53(57)92)108-95-25-34-40(79)44(83)49(88)63(101-34)107-65(93)71-17-15-66(2,3)19-28(71)27-9-10-36-68(6)13-12-37(67(4,5)35(68)11-14-70(36,8)69(27,7)16-18-71)102-58-52(91)54(29(76)24-94-58)103-61-50(89)45(84)56(33(23-75)99-61)105-60-48(87)43(82)39(78)30(20-72)97-60/h9,26,28-64,72-92H,10-25H2,1-8H3/t26-,28-,29+,30+,31+,32+,33+,34+,35-,36+,37-,38-,39+,40+,41+,42+,43-,44-,45+,46+,47+,48+,49+,50+,51+,52-,53+,54+,55+,56+,57-,58-,59-,60-,61-,62-,63-,64-,68-,69+,70+,71-/m0/s1. The van der Waals surface area contributed by atoms with Gasteiger partial charge in [-0.15, -0.1) is 0 Å². The summed E-state index contributed by atoms with van der Waals surface area (Å²) in [6, 6.07) is 0. The molecule has 0 radical (unpaired) electrons. The van der Waals surface area contributed by atoms with Gasteiger partial charge < -0.3 is 169 Å². The number of aliphatic hydroxyl groups is 21. The fraction of sp³-hybridized carbons (Fsp3) is 0.958. The summed E-state index contributed by atoms with van der Waals surface area (Å²) in [5.74, 6) is -0.781. The largest absolute Gasteiger partial charge is 0.432 e. The Labute approximate surface area is 623 Å². The molecule has 622 valence electrons. The minimum Gasteiger partial charge on any atom is -0.432 e. The molecular formula is C71H116O37. The lowest BCUT2D eigenvalue weighted by atomic mass is 9.33. The van der Waals surface area contributed by atoms with Gasteiger partial charge in [0, 0.05) is 0 Å². The van der Waals surface area contributed by atoms with E-state index in [0.29, 0.717) is 44.9 Å². The minimum atomic E-state index is -2.07. The summed E-state index contributed by atoms with van der Waals surface area (Å²) in [4.78, 5) is 26.2. The topological polar surface area (TPSA) is 580 Å². The Morgan fingerprint density at radius 2 is 0.926 bits per heavy atom. The van der Waals surface area contributed by atoms with E-state index < -0.39 is 270 Å². The predicted octanol–water partition coefficient (Wildman–Crippen LogP) is -6.96. The van der Waals surface area contributed by atoms with Gasteiger partial charge in [0.15, 0.2) is 31.5 Å². The zero-order valence-corrected chi connectivity index (χ0v) is 61.8. The monoisotopic (exact) mass is 1560 g/mol. The van der Waals surface area contributed by atoms with Crippen molar-refractivity contribution in [3.8, 4) is 0 Å². The molecule has 5 aliphatic carbocycles. The Morgan fingerprint density at radius 3 is 1.52 bits per heavy atom. The Balaban J connectivity index is 0.677. The predicted molar refractivity (Wildman–Crippen MR) is 354 cm³/mol. The fourth-order valence-electron chi connectivity index (χ4n) is 20.5. The van der Waals surface area contributed by atoms with Crippen LogP contribution in [0.2, 0.25) is 0 Å². The molecule has 37 nitrogen and oxygen atoms in total. The molecular weight excluding hydrogens is 1440 g/mol. The van der Waals surface area contributed by atoms with Crippen LogP contribution in [0.5, 0.6) is 0 Å². The van der Waals surface area contributed by atoms with Gasteiger partial charge in [-0.25, -0.2) is 9.78 Å². The van der Waals surface area contributed by atoms with Crippen LogP contribution in [-0.2, 0) is 76.1 Å². The number of hydrogen-bond donors (Lipinski definition) is 21. The third-order valence-electron chi connectivity index (χ3n) is 27.3. The molecule has 4 saturated carbocycles. The summed E-state index contributed by atoms with van der Waals surface area (Å²) in [5, 5.41) is 228. The number of hydrogen-bond acceptors (Lipinski definition) is 37. The lowest BCUT2D eigenvalue weighted by molar-refractivity contribution is -0.443. The van der Waals surface area contributed by atoms with Crippen molar-refractivity contribution in [3.05, 3.63) is 11.6 Å². The maximum Gasteiger partial charge on any atom is 0.315 e. The molecule has 0 aromatic carbocycles. The number of allylic oxidation sites excluding steroid dienone is 2. The third-order valence-corrected chi connectivity index (χ3v) is 27.3. The Morgan fingerprint density at radius 1 is 0.444 bits per heavy atom. The molecule has 21 N–H and O–H groups in total. The molecule has 42 atom stereocenters. The van der Waals surface area contributed by atoms with Gasteiger partial charge in [-0.3, -0.25) is 4.79 Å². The summed E-state index contributed by atoms with van der Waals surface area (Å²) < 4.78 is 76.1. The van der Waals surface area contributed by atoms with Crippen LogP contribution in [0.3, 0.4) is 0 Å². The molecule has 0 aromatic rings. The van der Waals surface area contributed by atoms with Crippen LogP contribution >= 0.6 is 0 Å². The normalized spacial score (nSPS) is 53.8. The van der Waals surface area contributed by atoms with Gasteiger partial charge in [0.1, 0.15) is 165 Å². The van der Waals surface area contributed by atoms with Gasteiger partial charge in [-0.2, -0.15) is 0 Å². The summed E-state index contributed by atoms with van der Waals surface area (Å²) in [6.45, 7) is 12.4. The average Bonchev–Trinajstić information content (AvgIpc) is 0.674. The Hall–Kier alpha value is -2.19. The highest BCUT2D eigenvalue weighted by Gasteiger charge is 2.71. The molecule has 12 rings (SSSR count). The molecule has 12 aliphatic rings. The van der Waals surface area contributed by atoms with Crippen LogP contribution in [0, 0.1) is 50.2 Å². The molecule has 37 heteroatoms. The van der Waals surface area contributed by atoms with E-state index in [-0.39, 0.29) is 40.6 Å². The average molecular weight is 1560 g/mol. The molecule has 7 saturated heterocycles. The lowest BCUT2D eigenvalue weighted by Crippen LogP contribution is -2.66. The highest BCUT2D eigenvalue weighted by molar-refractivity contribution is 5.79. The van der Waals surface area contributed by atoms with Crippen molar-refractivity contribution in [1.82, 2.24) is 0 Å². The van der Waals surface area contributed by atoms with Crippen LogP contribution in [0.15, 0.2) is 11.6 Å². The highest BCUT2D eigenvalue weighted by Crippen LogP contribution is 2.76. The quantitative estimate of drug-likeness (QED) is 0.0177. The number of fused-ring (bicyclic) bond motifs is 7. The lowest BCUT2D eigenvalue weighted by Gasteiger charge is -2.71. The molecule has 0 spiro atoms. The van der Waals surface area contributed by atoms with Gasteiger partial charge in [0.05, 0.1) is 50.7 Å². The number of esters is 1. The number of carbonyl (C=O) groups is 1. The molecule has 0 amide bonds. The van der Waals surface area contributed by atoms with Crippen molar-refractivity contribution in [2.75, 3.05) is 39.6 Å². The second-order valence-corrected chi connectivity index (χ2v) is 34.3. The van der Waals surface area contributed by atoms with E-state index in [4.69, 9.17) is 71.4 Å². The van der Waals surface area contributed by atoms with Gasteiger partial charge in [-0.05, 0) is 116 Å². The van der Waals surface area contributed by atoms with E-state index in [0.717, 1.165) is 24.8 Å². The van der Waals surface area contributed by atoms with Gasteiger partial charge in [0.2, 0.25) is 12.6 Å². The molecule has 0 aromatic heterocycles. The minimum absolute atomic E-state index is 0.0737.